The molecular weight excluding hydrogens is 444 g/mol. The van der Waals surface area contributed by atoms with Crippen molar-refractivity contribution < 1.29 is 24.2 Å². The molecule has 0 saturated heterocycles. The second kappa shape index (κ2) is 10.8. The van der Waals surface area contributed by atoms with Gasteiger partial charge in [0.05, 0.1) is 17.7 Å². The van der Waals surface area contributed by atoms with Crippen molar-refractivity contribution in [2.24, 2.45) is 0 Å². The first-order chi connectivity index (χ1) is 15.9. The van der Waals surface area contributed by atoms with Gasteiger partial charge in [-0.25, -0.2) is 4.79 Å². The van der Waals surface area contributed by atoms with Crippen molar-refractivity contribution in [1.82, 2.24) is 0 Å². The Balaban J connectivity index is 1.79. The lowest BCUT2D eigenvalue weighted by molar-refractivity contribution is -0.112. The Labute approximate surface area is 195 Å². The van der Waals surface area contributed by atoms with Gasteiger partial charge in [-0.1, -0.05) is 41.9 Å². The number of carbonyl (C=O) groups excluding carboxylic acids is 1. The summed E-state index contributed by atoms with van der Waals surface area (Å²) in [4.78, 5) is 23.4. The van der Waals surface area contributed by atoms with Crippen LogP contribution in [0.5, 0.6) is 11.5 Å². The van der Waals surface area contributed by atoms with Gasteiger partial charge in [0.15, 0.2) is 11.5 Å². The molecule has 3 aromatic rings. The quantitative estimate of drug-likeness (QED) is 0.353. The van der Waals surface area contributed by atoms with Crippen LogP contribution in [0.4, 0.5) is 5.69 Å². The van der Waals surface area contributed by atoms with Crippen LogP contribution in [0.25, 0.3) is 6.08 Å². The SMILES string of the molecule is COc1cc(C=C(C#N)C(=O)Nc2ccccc2)cc(Cl)c1OCc1ccc(C(=O)O)cc1. The van der Waals surface area contributed by atoms with E-state index in [-0.39, 0.29) is 28.5 Å². The highest BCUT2D eigenvalue weighted by molar-refractivity contribution is 6.32. The minimum atomic E-state index is -1.01. The summed E-state index contributed by atoms with van der Waals surface area (Å²) in [6.07, 6.45) is 1.40. The molecule has 0 saturated carbocycles. The molecule has 1 amide bonds. The number of methoxy groups -OCH3 is 1. The number of aromatic carboxylic acids is 1. The average Bonchev–Trinajstić information content (AvgIpc) is 2.82. The second-order valence-corrected chi connectivity index (χ2v) is 7.22. The van der Waals surface area contributed by atoms with Crippen LogP contribution < -0.4 is 14.8 Å². The van der Waals surface area contributed by atoms with Gasteiger partial charge in [-0.15, -0.1) is 0 Å². The molecule has 0 unspecified atom stereocenters. The first-order valence-corrected chi connectivity index (χ1v) is 10.1. The fourth-order valence-corrected chi connectivity index (χ4v) is 3.17. The van der Waals surface area contributed by atoms with Crippen molar-refractivity contribution in [3.8, 4) is 17.6 Å². The molecule has 0 atom stereocenters. The fraction of sp³-hybridized carbons (Fsp3) is 0.0800. The van der Waals surface area contributed by atoms with Crippen LogP contribution in [0.2, 0.25) is 5.02 Å². The Morgan fingerprint density at radius 1 is 1.12 bits per heavy atom. The van der Waals surface area contributed by atoms with Crippen molar-refractivity contribution in [2.75, 3.05) is 12.4 Å². The minimum absolute atomic E-state index is 0.107. The summed E-state index contributed by atoms with van der Waals surface area (Å²) in [5, 5.41) is 21.3. The van der Waals surface area contributed by atoms with E-state index in [1.54, 1.807) is 48.5 Å². The molecule has 0 aliphatic carbocycles. The monoisotopic (exact) mass is 462 g/mol. The maximum Gasteiger partial charge on any atom is 0.335 e. The zero-order valence-corrected chi connectivity index (χ0v) is 18.3. The summed E-state index contributed by atoms with van der Waals surface area (Å²) >= 11 is 6.39. The van der Waals surface area contributed by atoms with Crippen molar-refractivity contribution in [3.63, 3.8) is 0 Å². The lowest BCUT2D eigenvalue weighted by Gasteiger charge is -2.14. The normalized spacial score (nSPS) is 10.8. The fourth-order valence-electron chi connectivity index (χ4n) is 2.90. The Bertz CT molecular complexity index is 1230. The van der Waals surface area contributed by atoms with Crippen LogP contribution >= 0.6 is 11.6 Å². The van der Waals surface area contributed by atoms with Crippen molar-refractivity contribution >= 4 is 35.2 Å². The van der Waals surface area contributed by atoms with Crippen LogP contribution in [0.1, 0.15) is 21.5 Å². The van der Waals surface area contributed by atoms with Crippen LogP contribution in [0.15, 0.2) is 72.3 Å². The zero-order chi connectivity index (χ0) is 23.8. The van der Waals surface area contributed by atoms with E-state index in [4.69, 9.17) is 26.2 Å². The number of anilines is 1. The van der Waals surface area contributed by atoms with E-state index < -0.39 is 11.9 Å². The van der Waals surface area contributed by atoms with Gasteiger partial charge >= 0.3 is 5.97 Å². The molecule has 0 aliphatic heterocycles. The third kappa shape index (κ3) is 6.12. The van der Waals surface area contributed by atoms with Crippen LogP contribution in [-0.4, -0.2) is 24.1 Å². The molecule has 8 heteroatoms. The Hall–Kier alpha value is -4.28. The van der Waals surface area contributed by atoms with Crippen LogP contribution in [0.3, 0.4) is 0 Å². The van der Waals surface area contributed by atoms with Crippen LogP contribution in [-0.2, 0) is 11.4 Å². The smallest absolute Gasteiger partial charge is 0.335 e. The first kappa shape index (κ1) is 23.4. The second-order valence-electron chi connectivity index (χ2n) is 6.81. The predicted octanol–water partition coefficient (Wildman–Crippen LogP) is 5.17. The molecule has 7 nitrogen and oxygen atoms in total. The molecular formula is C25H19ClN2O5. The van der Waals surface area contributed by atoms with Gasteiger partial charge in [-0.2, -0.15) is 5.26 Å². The summed E-state index contributed by atoms with van der Waals surface area (Å²) in [6, 6.07) is 20.1. The van der Waals surface area contributed by atoms with Crippen molar-refractivity contribution in [1.29, 1.82) is 5.26 Å². The standard InChI is InChI=1S/C25H19ClN2O5/c1-32-22-13-17(11-19(14-27)24(29)28-20-5-3-2-4-6-20)12-21(26)23(22)33-15-16-7-9-18(10-8-16)25(30)31/h2-13H,15H2,1H3,(H,28,29)(H,30,31). The van der Waals surface area contributed by atoms with Gasteiger partial charge in [0.2, 0.25) is 0 Å². The van der Waals surface area contributed by atoms with E-state index in [0.29, 0.717) is 17.0 Å². The number of nitrogens with zero attached hydrogens (tertiary/aromatic N) is 1. The number of halogens is 1. The number of rotatable bonds is 8. The molecule has 0 bridgehead atoms. The molecule has 0 spiro atoms. The minimum Gasteiger partial charge on any atom is -0.493 e. The Kier molecular flexibility index (Phi) is 7.68. The summed E-state index contributed by atoms with van der Waals surface area (Å²) in [6.45, 7) is 0.133. The van der Waals surface area contributed by atoms with Crippen LogP contribution in [0, 0.1) is 11.3 Å². The number of carboxylic acid groups (broad SMARTS) is 1. The lowest BCUT2D eigenvalue weighted by atomic mass is 10.1. The highest BCUT2D eigenvalue weighted by atomic mass is 35.5. The molecule has 0 radical (unpaired) electrons. The van der Waals surface area contributed by atoms with Gasteiger partial charge in [-0.05, 0) is 53.6 Å². The van der Waals surface area contributed by atoms with Gasteiger partial charge in [0, 0.05) is 5.69 Å². The highest BCUT2D eigenvalue weighted by Gasteiger charge is 2.15. The lowest BCUT2D eigenvalue weighted by Crippen LogP contribution is -2.13. The van der Waals surface area contributed by atoms with E-state index in [2.05, 4.69) is 5.32 Å². The maximum absolute atomic E-state index is 12.5. The van der Waals surface area contributed by atoms with Gasteiger partial charge < -0.3 is 19.9 Å². The van der Waals surface area contributed by atoms with E-state index in [1.807, 2.05) is 12.1 Å². The predicted molar refractivity (Wildman–Crippen MR) is 124 cm³/mol. The topological polar surface area (TPSA) is 109 Å². The van der Waals surface area contributed by atoms with E-state index in [0.717, 1.165) is 5.56 Å². The molecule has 2 N–H and O–H groups in total. The largest absolute Gasteiger partial charge is 0.493 e. The average molecular weight is 463 g/mol. The molecule has 166 valence electrons. The number of carboxylic acids is 1. The van der Waals surface area contributed by atoms with Crippen molar-refractivity contribution in [3.05, 3.63) is 94.0 Å². The molecule has 0 fully saturated rings. The number of nitrogens with one attached hydrogen (secondary N) is 1. The van der Waals surface area contributed by atoms with Crippen molar-refractivity contribution in [2.45, 2.75) is 6.61 Å². The van der Waals surface area contributed by atoms with E-state index >= 15 is 0 Å². The number of benzene rings is 3. The molecule has 3 aromatic carbocycles. The summed E-state index contributed by atoms with van der Waals surface area (Å²) in [7, 11) is 1.45. The maximum atomic E-state index is 12.5. The number of para-hydroxylation sites is 1. The Morgan fingerprint density at radius 2 is 1.82 bits per heavy atom. The van der Waals surface area contributed by atoms with Gasteiger partial charge in [0.25, 0.3) is 5.91 Å². The summed E-state index contributed by atoms with van der Waals surface area (Å²) < 4.78 is 11.2. The molecule has 3 rings (SSSR count). The molecule has 33 heavy (non-hydrogen) atoms. The number of hydrogen-bond donors (Lipinski definition) is 2. The van der Waals surface area contributed by atoms with Gasteiger partial charge in [-0.3, -0.25) is 4.79 Å². The number of hydrogen-bond acceptors (Lipinski definition) is 5. The molecule has 0 aliphatic rings. The Morgan fingerprint density at radius 3 is 2.42 bits per heavy atom. The zero-order valence-electron chi connectivity index (χ0n) is 17.5. The summed E-state index contributed by atoms with van der Waals surface area (Å²) in [5.74, 6) is -0.962. The molecule has 0 aromatic heterocycles. The van der Waals surface area contributed by atoms with Gasteiger partial charge in [0.1, 0.15) is 18.2 Å². The highest BCUT2D eigenvalue weighted by Crippen LogP contribution is 2.37. The third-order valence-corrected chi connectivity index (χ3v) is 4.82. The van der Waals surface area contributed by atoms with E-state index in [9.17, 15) is 14.9 Å². The molecule has 0 heterocycles. The number of ether oxygens (including phenoxy) is 2. The number of amides is 1. The number of nitriles is 1. The van der Waals surface area contributed by atoms with E-state index in [1.165, 1.54) is 25.3 Å². The third-order valence-electron chi connectivity index (χ3n) is 4.54. The number of carbonyl (C=O) groups is 2. The first-order valence-electron chi connectivity index (χ1n) is 9.72. The summed E-state index contributed by atoms with van der Waals surface area (Å²) in [5.41, 5.74) is 1.86.